The molecule has 2 N–H and O–H groups in total. The molecule has 3 atom stereocenters. The number of hydrogen-bond donors (Lipinski definition) is 1. The van der Waals surface area contributed by atoms with Gasteiger partial charge in [-0.3, -0.25) is 0 Å². The van der Waals surface area contributed by atoms with Gasteiger partial charge in [-0.05, 0) is 37.5 Å². The molecule has 0 aromatic carbocycles. The van der Waals surface area contributed by atoms with Crippen LogP contribution in [0.1, 0.15) is 53.4 Å². The quantitative estimate of drug-likeness (QED) is 0.770. The smallest absolute Gasteiger partial charge is 0.0753 e. The second kappa shape index (κ2) is 5.46. The topological polar surface area (TPSA) is 35.2 Å². The molecule has 0 heterocycles. The summed E-state index contributed by atoms with van der Waals surface area (Å²) in [5, 5.41) is 0. The summed E-state index contributed by atoms with van der Waals surface area (Å²) in [5.41, 5.74) is 5.94. The van der Waals surface area contributed by atoms with Crippen LogP contribution in [0, 0.1) is 11.3 Å². The van der Waals surface area contributed by atoms with Gasteiger partial charge in [-0.25, -0.2) is 0 Å². The van der Waals surface area contributed by atoms with Crippen molar-refractivity contribution >= 4 is 17.2 Å². The SMILES string of the molecule is CC1CC(OC(C)CC(N)=S)CC(C)(C)C1. The highest BCUT2D eigenvalue weighted by Crippen LogP contribution is 2.40. The Kier molecular flexibility index (Phi) is 4.74. The van der Waals surface area contributed by atoms with Crippen LogP contribution in [0.5, 0.6) is 0 Å². The molecule has 2 nitrogen and oxygen atoms in total. The van der Waals surface area contributed by atoms with Crippen LogP contribution in [0.4, 0.5) is 0 Å². The van der Waals surface area contributed by atoms with Crippen LogP contribution < -0.4 is 5.73 Å². The van der Waals surface area contributed by atoms with Crippen molar-refractivity contribution in [3.05, 3.63) is 0 Å². The number of nitrogens with two attached hydrogens (primary N) is 1. The Balaban J connectivity index is 2.44. The van der Waals surface area contributed by atoms with E-state index in [4.69, 9.17) is 22.7 Å². The summed E-state index contributed by atoms with van der Waals surface area (Å²) in [6.45, 7) is 9.04. The lowest BCUT2D eigenvalue weighted by Gasteiger charge is -2.39. The van der Waals surface area contributed by atoms with E-state index in [0.717, 1.165) is 12.3 Å². The van der Waals surface area contributed by atoms with Crippen molar-refractivity contribution in [3.63, 3.8) is 0 Å². The van der Waals surface area contributed by atoms with Crippen molar-refractivity contribution < 1.29 is 4.74 Å². The van der Waals surface area contributed by atoms with Crippen LogP contribution in [0.15, 0.2) is 0 Å². The van der Waals surface area contributed by atoms with Crippen LogP contribution in [-0.4, -0.2) is 17.2 Å². The zero-order chi connectivity index (χ0) is 12.3. The molecule has 0 aromatic heterocycles. The third-order valence-corrected chi connectivity index (χ3v) is 3.43. The molecule has 0 radical (unpaired) electrons. The molecule has 0 saturated heterocycles. The van der Waals surface area contributed by atoms with Gasteiger partial charge in [0, 0.05) is 6.42 Å². The van der Waals surface area contributed by atoms with Gasteiger partial charge in [0.2, 0.25) is 0 Å². The Morgan fingerprint density at radius 3 is 2.62 bits per heavy atom. The lowest BCUT2D eigenvalue weighted by molar-refractivity contribution is -0.0557. The maximum atomic E-state index is 6.04. The Labute approximate surface area is 105 Å². The molecule has 1 aliphatic rings. The minimum absolute atomic E-state index is 0.156. The predicted molar refractivity (Wildman–Crippen MR) is 72.5 cm³/mol. The van der Waals surface area contributed by atoms with E-state index >= 15 is 0 Å². The van der Waals surface area contributed by atoms with Crippen molar-refractivity contribution in [2.24, 2.45) is 17.1 Å². The van der Waals surface area contributed by atoms with Gasteiger partial charge < -0.3 is 10.5 Å². The van der Waals surface area contributed by atoms with Crippen LogP contribution in [0.3, 0.4) is 0 Å². The lowest BCUT2D eigenvalue weighted by Crippen LogP contribution is -2.35. The van der Waals surface area contributed by atoms with Crippen molar-refractivity contribution in [2.45, 2.75) is 65.6 Å². The summed E-state index contributed by atoms with van der Waals surface area (Å²) >= 11 is 4.91. The molecular weight excluding hydrogens is 218 g/mol. The van der Waals surface area contributed by atoms with Gasteiger partial charge in [0.25, 0.3) is 0 Å². The first-order valence-corrected chi connectivity index (χ1v) is 6.63. The summed E-state index contributed by atoms with van der Waals surface area (Å²) in [5.74, 6) is 0.755. The molecule has 0 aliphatic heterocycles. The van der Waals surface area contributed by atoms with Gasteiger partial charge in [-0.15, -0.1) is 0 Å². The number of thiocarbonyl (C=S) groups is 1. The molecular formula is C13H25NOS. The Hall–Kier alpha value is -0.150. The highest BCUT2D eigenvalue weighted by Gasteiger charge is 2.33. The van der Waals surface area contributed by atoms with Crippen molar-refractivity contribution in [2.75, 3.05) is 0 Å². The maximum absolute atomic E-state index is 6.04. The van der Waals surface area contributed by atoms with Gasteiger partial charge in [-0.2, -0.15) is 0 Å². The van der Waals surface area contributed by atoms with Crippen molar-refractivity contribution in [1.29, 1.82) is 0 Å². The van der Waals surface area contributed by atoms with Crippen molar-refractivity contribution in [1.82, 2.24) is 0 Å². The summed E-state index contributed by atoms with van der Waals surface area (Å²) in [4.78, 5) is 0.551. The fourth-order valence-electron chi connectivity index (χ4n) is 3.02. The summed E-state index contributed by atoms with van der Waals surface area (Å²) < 4.78 is 6.04. The first-order chi connectivity index (χ1) is 7.28. The van der Waals surface area contributed by atoms with Gasteiger partial charge in [0.1, 0.15) is 0 Å². The monoisotopic (exact) mass is 243 g/mol. The van der Waals surface area contributed by atoms with Crippen LogP contribution in [0.2, 0.25) is 0 Å². The highest BCUT2D eigenvalue weighted by atomic mass is 32.1. The molecule has 3 heteroatoms. The third kappa shape index (κ3) is 4.79. The molecule has 94 valence electrons. The molecule has 1 rings (SSSR count). The standard InChI is InChI=1S/C13H25NOS/c1-9-5-11(8-13(3,4)7-9)15-10(2)6-12(14)16/h9-11H,5-8H2,1-4H3,(H2,14,16). The second-order valence-corrected chi connectivity index (χ2v) is 6.68. The van der Waals surface area contributed by atoms with Crippen LogP contribution in [-0.2, 0) is 4.74 Å². The molecule has 0 bridgehead atoms. The van der Waals surface area contributed by atoms with Gasteiger partial charge in [0.15, 0.2) is 0 Å². The summed E-state index contributed by atoms with van der Waals surface area (Å²) in [6.07, 6.45) is 4.85. The third-order valence-electron chi connectivity index (χ3n) is 3.26. The van der Waals surface area contributed by atoms with Gasteiger partial charge in [-0.1, -0.05) is 33.0 Å². The average molecular weight is 243 g/mol. The molecule has 1 fully saturated rings. The highest BCUT2D eigenvalue weighted by molar-refractivity contribution is 7.80. The summed E-state index contributed by atoms with van der Waals surface area (Å²) in [6, 6.07) is 0. The van der Waals surface area contributed by atoms with E-state index in [1.165, 1.54) is 12.8 Å². The minimum atomic E-state index is 0.156. The molecule has 0 aromatic rings. The molecule has 3 unspecified atom stereocenters. The maximum Gasteiger partial charge on any atom is 0.0753 e. The van der Waals surface area contributed by atoms with Gasteiger partial charge in [0.05, 0.1) is 17.2 Å². The first kappa shape index (κ1) is 13.9. The van der Waals surface area contributed by atoms with E-state index in [9.17, 15) is 0 Å². The predicted octanol–water partition coefficient (Wildman–Crippen LogP) is 3.28. The van der Waals surface area contributed by atoms with E-state index in [2.05, 4.69) is 27.7 Å². The molecule has 16 heavy (non-hydrogen) atoms. The van der Waals surface area contributed by atoms with E-state index in [-0.39, 0.29) is 6.10 Å². The Morgan fingerprint density at radius 1 is 1.50 bits per heavy atom. The largest absolute Gasteiger partial charge is 0.393 e. The lowest BCUT2D eigenvalue weighted by atomic mass is 9.71. The zero-order valence-electron chi connectivity index (χ0n) is 11.0. The minimum Gasteiger partial charge on any atom is -0.393 e. The fourth-order valence-corrected chi connectivity index (χ4v) is 3.26. The van der Waals surface area contributed by atoms with E-state index in [1.807, 2.05) is 0 Å². The number of hydrogen-bond acceptors (Lipinski definition) is 2. The molecule has 0 spiro atoms. The van der Waals surface area contributed by atoms with Gasteiger partial charge >= 0.3 is 0 Å². The zero-order valence-corrected chi connectivity index (χ0v) is 11.8. The molecule has 0 amide bonds. The van der Waals surface area contributed by atoms with Crippen LogP contribution >= 0.6 is 12.2 Å². The fraction of sp³-hybridized carbons (Fsp3) is 0.923. The molecule has 1 saturated carbocycles. The van der Waals surface area contributed by atoms with E-state index in [0.29, 0.717) is 22.9 Å². The van der Waals surface area contributed by atoms with Crippen LogP contribution in [0.25, 0.3) is 0 Å². The first-order valence-electron chi connectivity index (χ1n) is 6.22. The normalized spacial score (nSPS) is 31.0. The Bertz CT molecular complexity index is 252. The average Bonchev–Trinajstić information content (AvgIpc) is 1.95. The number of ether oxygens (including phenoxy) is 1. The number of rotatable bonds is 4. The molecule has 1 aliphatic carbocycles. The summed E-state index contributed by atoms with van der Waals surface area (Å²) in [7, 11) is 0. The Morgan fingerprint density at radius 2 is 2.12 bits per heavy atom. The van der Waals surface area contributed by atoms with E-state index < -0.39 is 0 Å². The van der Waals surface area contributed by atoms with Crippen molar-refractivity contribution in [3.8, 4) is 0 Å². The van der Waals surface area contributed by atoms with E-state index in [1.54, 1.807) is 0 Å². The second-order valence-electron chi connectivity index (χ2n) is 6.15.